The average molecular weight is 308 g/mol. The van der Waals surface area contributed by atoms with E-state index in [-0.39, 0.29) is 22.8 Å². The van der Waals surface area contributed by atoms with Crippen LogP contribution in [0.5, 0.6) is 0 Å². The Balaban J connectivity index is 2.99. The molecule has 1 aromatic carbocycles. The van der Waals surface area contributed by atoms with Crippen molar-refractivity contribution in [1.82, 2.24) is 4.72 Å². The SMILES string of the molecule is NS(=O)(=O)c1cccc(S(=O)(=O)NCCC(=O)O)c1. The molecule has 0 saturated carbocycles. The second kappa shape index (κ2) is 5.65. The first-order valence-electron chi connectivity index (χ1n) is 4.97. The lowest BCUT2D eigenvalue weighted by Crippen LogP contribution is -2.26. The number of hydrogen-bond acceptors (Lipinski definition) is 5. The lowest BCUT2D eigenvalue weighted by Gasteiger charge is -2.06. The molecule has 0 fully saturated rings. The molecule has 0 aliphatic carbocycles. The Hall–Kier alpha value is -1.49. The summed E-state index contributed by atoms with van der Waals surface area (Å²) in [5.41, 5.74) is 0. The number of aliphatic carboxylic acids is 1. The van der Waals surface area contributed by atoms with Crippen LogP contribution in [0, 0.1) is 0 Å². The van der Waals surface area contributed by atoms with Gasteiger partial charge in [0.1, 0.15) is 0 Å². The van der Waals surface area contributed by atoms with Gasteiger partial charge in [0.05, 0.1) is 16.2 Å². The number of carbonyl (C=O) groups is 1. The number of benzene rings is 1. The van der Waals surface area contributed by atoms with Crippen molar-refractivity contribution in [1.29, 1.82) is 0 Å². The summed E-state index contributed by atoms with van der Waals surface area (Å²) >= 11 is 0. The Bertz CT molecular complexity index is 680. The van der Waals surface area contributed by atoms with Crippen LogP contribution in [-0.4, -0.2) is 34.5 Å². The maximum atomic E-state index is 11.8. The molecule has 0 saturated heterocycles. The number of rotatable bonds is 6. The van der Waals surface area contributed by atoms with Crippen molar-refractivity contribution in [3.8, 4) is 0 Å². The fourth-order valence-electron chi connectivity index (χ4n) is 1.19. The van der Waals surface area contributed by atoms with Gasteiger partial charge in [-0.3, -0.25) is 4.79 Å². The molecule has 4 N–H and O–H groups in total. The summed E-state index contributed by atoms with van der Waals surface area (Å²) in [5, 5.41) is 13.3. The molecule has 0 atom stereocenters. The molecule has 0 radical (unpaired) electrons. The zero-order valence-corrected chi connectivity index (χ0v) is 11.2. The first kappa shape index (κ1) is 15.6. The maximum Gasteiger partial charge on any atom is 0.304 e. The normalized spacial score (nSPS) is 12.3. The van der Waals surface area contributed by atoms with E-state index in [4.69, 9.17) is 10.2 Å². The second-order valence-corrected chi connectivity index (χ2v) is 6.89. The van der Waals surface area contributed by atoms with Crippen LogP contribution in [0.3, 0.4) is 0 Å². The number of primary sulfonamides is 1. The summed E-state index contributed by atoms with van der Waals surface area (Å²) in [5.74, 6) is -1.15. The first-order valence-corrected chi connectivity index (χ1v) is 8.00. The van der Waals surface area contributed by atoms with E-state index in [0.717, 1.165) is 12.1 Å². The van der Waals surface area contributed by atoms with Gasteiger partial charge in [-0.2, -0.15) is 0 Å². The molecule has 8 nitrogen and oxygen atoms in total. The molecular weight excluding hydrogens is 296 g/mol. The Kier molecular flexibility index (Phi) is 4.63. The minimum Gasteiger partial charge on any atom is -0.481 e. The van der Waals surface area contributed by atoms with Gasteiger partial charge in [0.15, 0.2) is 0 Å². The van der Waals surface area contributed by atoms with E-state index in [9.17, 15) is 21.6 Å². The molecule has 19 heavy (non-hydrogen) atoms. The van der Waals surface area contributed by atoms with E-state index in [2.05, 4.69) is 0 Å². The Morgan fingerprint density at radius 2 is 1.79 bits per heavy atom. The summed E-state index contributed by atoms with van der Waals surface area (Å²) in [6, 6.07) is 4.47. The molecule has 0 bridgehead atoms. The van der Waals surface area contributed by atoms with Crippen LogP contribution in [0.25, 0.3) is 0 Å². The molecule has 0 amide bonds. The third-order valence-corrected chi connectivity index (χ3v) is 4.44. The molecule has 1 aromatic rings. The van der Waals surface area contributed by atoms with Crippen molar-refractivity contribution in [3.63, 3.8) is 0 Å². The highest BCUT2D eigenvalue weighted by Crippen LogP contribution is 2.14. The molecule has 106 valence electrons. The molecule has 10 heteroatoms. The van der Waals surface area contributed by atoms with Gasteiger partial charge in [-0.05, 0) is 18.2 Å². The predicted octanol–water partition coefficient (Wildman–Crippen LogP) is -0.913. The van der Waals surface area contributed by atoms with Gasteiger partial charge in [-0.1, -0.05) is 6.07 Å². The first-order chi connectivity index (χ1) is 8.63. The van der Waals surface area contributed by atoms with Gasteiger partial charge in [-0.15, -0.1) is 0 Å². The lowest BCUT2D eigenvalue weighted by molar-refractivity contribution is -0.136. The van der Waals surface area contributed by atoms with Gasteiger partial charge in [0, 0.05) is 6.54 Å². The van der Waals surface area contributed by atoms with Crippen LogP contribution >= 0.6 is 0 Å². The monoisotopic (exact) mass is 308 g/mol. The summed E-state index contributed by atoms with van der Waals surface area (Å²) in [6.45, 7) is -0.294. The Morgan fingerprint density at radius 3 is 2.32 bits per heavy atom. The third-order valence-electron chi connectivity index (χ3n) is 2.08. The average Bonchev–Trinajstić information content (AvgIpc) is 2.27. The molecule has 0 heterocycles. The summed E-state index contributed by atoms with van der Waals surface area (Å²) in [6.07, 6.45) is -0.381. The number of sulfonamides is 2. The number of hydrogen-bond donors (Lipinski definition) is 3. The van der Waals surface area contributed by atoms with E-state index in [0.29, 0.717) is 0 Å². The molecule has 0 aromatic heterocycles. The van der Waals surface area contributed by atoms with E-state index in [1.54, 1.807) is 0 Å². The van der Waals surface area contributed by atoms with E-state index < -0.39 is 26.0 Å². The topological polar surface area (TPSA) is 144 Å². The summed E-state index contributed by atoms with van der Waals surface area (Å²) in [4.78, 5) is 9.64. The van der Waals surface area contributed by atoms with Gasteiger partial charge < -0.3 is 5.11 Å². The highest BCUT2D eigenvalue weighted by molar-refractivity contribution is 7.90. The number of nitrogens with one attached hydrogen (secondary N) is 1. The second-order valence-electron chi connectivity index (χ2n) is 3.56. The van der Waals surface area contributed by atoms with Crippen LogP contribution in [0.4, 0.5) is 0 Å². The molecule has 0 unspecified atom stereocenters. The molecule has 0 spiro atoms. The fraction of sp³-hybridized carbons (Fsp3) is 0.222. The van der Waals surface area contributed by atoms with Crippen LogP contribution in [0.2, 0.25) is 0 Å². The number of carboxylic acids is 1. The van der Waals surface area contributed by atoms with Gasteiger partial charge in [-0.25, -0.2) is 26.7 Å². The number of nitrogens with two attached hydrogens (primary N) is 1. The predicted molar refractivity (Wildman–Crippen MR) is 65.3 cm³/mol. The quantitative estimate of drug-likeness (QED) is 0.620. The summed E-state index contributed by atoms with van der Waals surface area (Å²) in [7, 11) is -7.98. The van der Waals surface area contributed by atoms with Crippen molar-refractivity contribution >= 4 is 26.0 Å². The molecule has 0 aliphatic heterocycles. The number of carboxylic acid groups (broad SMARTS) is 1. The Morgan fingerprint density at radius 1 is 1.21 bits per heavy atom. The molecule has 1 rings (SSSR count). The smallest absolute Gasteiger partial charge is 0.304 e. The van der Waals surface area contributed by atoms with Crippen LogP contribution < -0.4 is 9.86 Å². The van der Waals surface area contributed by atoms with E-state index in [1.165, 1.54) is 12.1 Å². The van der Waals surface area contributed by atoms with Gasteiger partial charge >= 0.3 is 5.97 Å². The minimum atomic E-state index is -4.01. The van der Waals surface area contributed by atoms with Crippen molar-refractivity contribution in [2.24, 2.45) is 5.14 Å². The zero-order valence-electron chi connectivity index (χ0n) is 9.61. The van der Waals surface area contributed by atoms with Crippen molar-refractivity contribution < 1.29 is 26.7 Å². The fourth-order valence-corrected chi connectivity index (χ4v) is 2.91. The molecular formula is C9H12N2O6S2. The van der Waals surface area contributed by atoms with Crippen molar-refractivity contribution in [2.75, 3.05) is 6.54 Å². The maximum absolute atomic E-state index is 11.8. The third kappa shape index (κ3) is 4.59. The van der Waals surface area contributed by atoms with Crippen molar-refractivity contribution in [2.45, 2.75) is 16.2 Å². The van der Waals surface area contributed by atoms with Crippen LogP contribution in [-0.2, 0) is 24.8 Å². The molecule has 0 aliphatic rings. The zero-order chi connectivity index (χ0) is 14.7. The van der Waals surface area contributed by atoms with E-state index in [1.807, 2.05) is 4.72 Å². The van der Waals surface area contributed by atoms with Gasteiger partial charge in [0.2, 0.25) is 20.0 Å². The minimum absolute atomic E-state index is 0.294. The largest absolute Gasteiger partial charge is 0.481 e. The lowest BCUT2D eigenvalue weighted by atomic mass is 10.4. The van der Waals surface area contributed by atoms with Crippen LogP contribution in [0.1, 0.15) is 6.42 Å². The highest BCUT2D eigenvalue weighted by Gasteiger charge is 2.17. The van der Waals surface area contributed by atoms with E-state index >= 15 is 0 Å². The Labute approximate surface area is 110 Å². The standard InChI is InChI=1S/C9H12N2O6S2/c10-18(14,15)7-2-1-3-8(6-7)19(16,17)11-5-4-9(12)13/h1-3,6,11H,4-5H2,(H,12,13)(H2,10,14,15). The summed E-state index contributed by atoms with van der Waals surface area (Å²) < 4.78 is 47.7. The highest BCUT2D eigenvalue weighted by atomic mass is 32.2. The van der Waals surface area contributed by atoms with Crippen molar-refractivity contribution in [3.05, 3.63) is 24.3 Å². The van der Waals surface area contributed by atoms with Gasteiger partial charge in [0.25, 0.3) is 0 Å². The van der Waals surface area contributed by atoms with Crippen LogP contribution in [0.15, 0.2) is 34.1 Å².